The number of aromatic amines is 1. The second-order valence-electron chi connectivity index (χ2n) is 6.28. The quantitative estimate of drug-likeness (QED) is 0.807. The van der Waals surface area contributed by atoms with Crippen LogP contribution in [0.5, 0.6) is 0 Å². The van der Waals surface area contributed by atoms with Crippen LogP contribution >= 0.6 is 0 Å². The summed E-state index contributed by atoms with van der Waals surface area (Å²) in [5.41, 5.74) is 3.26. The lowest BCUT2D eigenvalue weighted by molar-refractivity contribution is -0.120. The smallest absolute Gasteiger partial charge is 0.271 e. The van der Waals surface area contributed by atoms with Crippen molar-refractivity contribution < 1.29 is 9.59 Å². The molecule has 1 aromatic carbocycles. The summed E-state index contributed by atoms with van der Waals surface area (Å²) < 4.78 is 0. The molecule has 1 unspecified atom stereocenters. The number of imidazole rings is 1. The highest BCUT2D eigenvalue weighted by Gasteiger charge is 2.21. The van der Waals surface area contributed by atoms with Crippen molar-refractivity contribution in [3.63, 3.8) is 0 Å². The third kappa shape index (κ3) is 3.64. The van der Waals surface area contributed by atoms with Crippen LogP contribution in [0.25, 0.3) is 11.4 Å². The SMILES string of the molecule is Cc1cccc(-c2nc(C(=O)NC3CCNC(=O)CC3)c(C)[nH]2)c1. The first-order valence-corrected chi connectivity index (χ1v) is 8.24. The van der Waals surface area contributed by atoms with E-state index in [0.29, 0.717) is 30.9 Å². The maximum atomic E-state index is 12.5. The van der Waals surface area contributed by atoms with E-state index in [9.17, 15) is 9.59 Å². The number of carbonyl (C=O) groups is 2. The summed E-state index contributed by atoms with van der Waals surface area (Å²) in [6, 6.07) is 7.99. The Labute approximate surface area is 141 Å². The average Bonchev–Trinajstić information content (AvgIpc) is 2.82. The Morgan fingerprint density at radius 3 is 2.92 bits per heavy atom. The fraction of sp³-hybridized carbons (Fsp3) is 0.389. The van der Waals surface area contributed by atoms with Gasteiger partial charge in [0.1, 0.15) is 11.5 Å². The molecular formula is C18H22N4O2. The Bertz CT molecular complexity index is 766. The van der Waals surface area contributed by atoms with Gasteiger partial charge in [0.2, 0.25) is 5.91 Å². The van der Waals surface area contributed by atoms with Gasteiger partial charge in [-0.2, -0.15) is 0 Å². The van der Waals surface area contributed by atoms with Crippen LogP contribution < -0.4 is 10.6 Å². The molecule has 2 heterocycles. The normalized spacial score (nSPS) is 17.9. The molecule has 6 nitrogen and oxygen atoms in total. The van der Waals surface area contributed by atoms with Crippen molar-refractivity contribution in [3.05, 3.63) is 41.2 Å². The largest absolute Gasteiger partial charge is 0.356 e. The van der Waals surface area contributed by atoms with E-state index in [1.54, 1.807) is 0 Å². The van der Waals surface area contributed by atoms with E-state index in [-0.39, 0.29) is 17.9 Å². The minimum Gasteiger partial charge on any atom is -0.356 e. The number of aromatic nitrogens is 2. The number of carbonyl (C=O) groups excluding carboxylic acids is 2. The Morgan fingerprint density at radius 2 is 2.12 bits per heavy atom. The number of hydrogen-bond acceptors (Lipinski definition) is 3. The van der Waals surface area contributed by atoms with Crippen LogP contribution in [0, 0.1) is 13.8 Å². The zero-order valence-electron chi connectivity index (χ0n) is 14.0. The van der Waals surface area contributed by atoms with Gasteiger partial charge in [0.15, 0.2) is 0 Å². The summed E-state index contributed by atoms with van der Waals surface area (Å²) in [5.74, 6) is 0.547. The number of aryl methyl sites for hydroxylation is 2. The minimum atomic E-state index is -0.193. The van der Waals surface area contributed by atoms with E-state index in [1.807, 2.05) is 38.1 Å². The lowest BCUT2D eigenvalue weighted by Gasteiger charge is -2.14. The predicted octanol–water partition coefficient (Wildman–Crippen LogP) is 2.09. The Kier molecular flexibility index (Phi) is 4.64. The molecule has 3 N–H and O–H groups in total. The summed E-state index contributed by atoms with van der Waals surface area (Å²) in [5, 5.41) is 5.82. The lowest BCUT2D eigenvalue weighted by Crippen LogP contribution is -2.35. The van der Waals surface area contributed by atoms with Gasteiger partial charge in [0, 0.05) is 30.3 Å². The van der Waals surface area contributed by atoms with Gasteiger partial charge in [-0.3, -0.25) is 9.59 Å². The fourth-order valence-corrected chi connectivity index (χ4v) is 2.93. The maximum Gasteiger partial charge on any atom is 0.271 e. The molecule has 2 amide bonds. The molecule has 0 aliphatic carbocycles. The van der Waals surface area contributed by atoms with Gasteiger partial charge in [-0.1, -0.05) is 23.8 Å². The van der Waals surface area contributed by atoms with Crippen LogP contribution in [0.3, 0.4) is 0 Å². The predicted molar refractivity (Wildman–Crippen MR) is 91.6 cm³/mol. The summed E-state index contributed by atoms with van der Waals surface area (Å²) in [7, 11) is 0. The maximum absolute atomic E-state index is 12.5. The van der Waals surface area contributed by atoms with Crippen LogP contribution in [0.15, 0.2) is 24.3 Å². The first-order chi connectivity index (χ1) is 11.5. The van der Waals surface area contributed by atoms with Gasteiger partial charge < -0.3 is 15.6 Å². The first-order valence-electron chi connectivity index (χ1n) is 8.24. The highest BCUT2D eigenvalue weighted by molar-refractivity contribution is 5.94. The molecule has 3 rings (SSSR count). The fourth-order valence-electron chi connectivity index (χ4n) is 2.93. The molecule has 0 bridgehead atoms. The molecule has 1 fully saturated rings. The molecule has 2 aromatic rings. The Balaban J connectivity index is 1.74. The van der Waals surface area contributed by atoms with Gasteiger partial charge in [0.05, 0.1) is 0 Å². The second-order valence-corrected chi connectivity index (χ2v) is 6.28. The van der Waals surface area contributed by atoms with E-state index in [1.165, 1.54) is 0 Å². The molecule has 6 heteroatoms. The van der Waals surface area contributed by atoms with E-state index in [4.69, 9.17) is 0 Å². The number of amides is 2. The van der Waals surface area contributed by atoms with Crippen molar-refractivity contribution in [2.24, 2.45) is 0 Å². The molecule has 126 valence electrons. The number of nitrogens with zero attached hydrogens (tertiary/aromatic N) is 1. The van der Waals surface area contributed by atoms with Crippen molar-refractivity contribution in [1.82, 2.24) is 20.6 Å². The molecule has 1 atom stereocenters. The summed E-state index contributed by atoms with van der Waals surface area (Å²) in [4.78, 5) is 31.6. The van der Waals surface area contributed by atoms with Gasteiger partial charge in [-0.25, -0.2) is 4.98 Å². The number of benzene rings is 1. The van der Waals surface area contributed by atoms with Crippen molar-refractivity contribution in [2.45, 2.75) is 39.2 Å². The monoisotopic (exact) mass is 326 g/mol. The summed E-state index contributed by atoms with van der Waals surface area (Å²) >= 11 is 0. The zero-order chi connectivity index (χ0) is 17.1. The molecule has 0 radical (unpaired) electrons. The average molecular weight is 326 g/mol. The van der Waals surface area contributed by atoms with Crippen molar-refractivity contribution in [2.75, 3.05) is 6.54 Å². The zero-order valence-corrected chi connectivity index (χ0v) is 14.0. The Morgan fingerprint density at radius 1 is 1.29 bits per heavy atom. The number of nitrogens with one attached hydrogen (secondary N) is 3. The van der Waals surface area contributed by atoms with Crippen molar-refractivity contribution in [1.29, 1.82) is 0 Å². The topological polar surface area (TPSA) is 86.9 Å². The lowest BCUT2D eigenvalue weighted by atomic mass is 10.1. The van der Waals surface area contributed by atoms with E-state index in [0.717, 1.165) is 23.2 Å². The van der Waals surface area contributed by atoms with Crippen LogP contribution in [0.2, 0.25) is 0 Å². The molecule has 1 aliphatic rings. The highest BCUT2D eigenvalue weighted by atomic mass is 16.2. The Hall–Kier alpha value is -2.63. The van der Waals surface area contributed by atoms with E-state index < -0.39 is 0 Å². The van der Waals surface area contributed by atoms with Crippen LogP contribution in [-0.4, -0.2) is 34.4 Å². The highest BCUT2D eigenvalue weighted by Crippen LogP contribution is 2.19. The minimum absolute atomic E-state index is 0.00466. The number of rotatable bonds is 3. The molecular weight excluding hydrogens is 304 g/mol. The molecule has 0 saturated carbocycles. The van der Waals surface area contributed by atoms with Crippen LogP contribution in [-0.2, 0) is 4.79 Å². The first kappa shape index (κ1) is 16.2. The van der Waals surface area contributed by atoms with Gasteiger partial charge in [-0.15, -0.1) is 0 Å². The van der Waals surface area contributed by atoms with Gasteiger partial charge in [0.25, 0.3) is 5.91 Å². The molecule has 1 aromatic heterocycles. The van der Waals surface area contributed by atoms with E-state index >= 15 is 0 Å². The van der Waals surface area contributed by atoms with Gasteiger partial charge >= 0.3 is 0 Å². The standard InChI is InChI=1S/C18H22N4O2/c1-11-4-3-5-13(10-11)17-20-12(2)16(22-17)18(24)21-14-6-7-15(23)19-9-8-14/h3-5,10,14H,6-9H2,1-2H3,(H,19,23)(H,20,22)(H,21,24). The number of H-pyrrole nitrogens is 1. The molecule has 1 aliphatic heterocycles. The van der Waals surface area contributed by atoms with Crippen molar-refractivity contribution in [3.8, 4) is 11.4 Å². The third-order valence-corrected chi connectivity index (χ3v) is 4.26. The third-order valence-electron chi connectivity index (χ3n) is 4.26. The summed E-state index contributed by atoms with van der Waals surface area (Å²) in [6.45, 7) is 4.46. The van der Waals surface area contributed by atoms with Crippen LogP contribution in [0.4, 0.5) is 0 Å². The van der Waals surface area contributed by atoms with Gasteiger partial charge in [-0.05, 0) is 32.8 Å². The van der Waals surface area contributed by atoms with E-state index in [2.05, 4.69) is 20.6 Å². The number of hydrogen-bond donors (Lipinski definition) is 3. The van der Waals surface area contributed by atoms with Crippen LogP contribution in [0.1, 0.15) is 41.0 Å². The molecule has 1 saturated heterocycles. The molecule has 24 heavy (non-hydrogen) atoms. The summed E-state index contributed by atoms with van der Waals surface area (Å²) in [6.07, 6.45) is 1.84. The molecule has 0 spiro atoms. The second kappa shape index (κ2) is 6.86. The van der Waals surface area contributed by atoms with Crippen molar-refractivity contribution >= 4 is 11.8 Å².